The van der Waals surface area contributed by atoms with Crippen LogP contribution in [0.3, 0.4) is 0 Å². The Morgan fingerprint density at radius 1 is 1.35 bits per heavy atom. The molecule has 0 bridgehead atoms. The van der Waals surface area contributed by atoms with Crippen molar-refractivity contribution >= 4 is 67.1 Å². The molecule has 0 fully saturated rings. The summed E-state index contributed by atoms with van der Waals surface area (Å²) in [5, 5.41) is 17.4. The Labute approximate surface area is 165 Å². The second-order valence-electron chi connectivity index (χ2n) is 5.29. The maximum atomic E-state index is 12.5. The molecule has 4 rings (SSSR count). The van der Waals surface area contributed by atoms with Crippen molar-refractivity contribution < 1.29 is 9.53 Å². The van der Waals surface area contributed by atoms with Crippen LogP contribution >= 0.6 is 39.0 Å². The van der Waals surface area contributed by atoms with E-state index in [4.69, 9.17) is 10.1 Å². The molecule has 0 radical (unpaired) electrons. The summed E-state index contributed by atoms with van der Waals surface area (Å²) >= 11 is 6.26. The third-order valence-corrected chi connectivity index (χ3v) is 6.12. The van der Waals surface area contributed by atoms with E-state index in [9.17, 15) is 4.79 Å². The Morgan fingerprint density at radius 3 is 2.92 bits per heavy atom. The Balaban J connectivity index is 1.74. The highest BCUT2D eigenvalue weighted by Crippen LogP contribution is 2.33. The van der Waals surface area contributed by atoms with Crippen molar-refractivity contribution in [2.45, 2.75) is 0 Å². The first-order valence-electron chi connectivity index (χ1n) is 7.44. The number of hydrogen-bond donors (Lipinski definition) is 1. The van der Waals surface area contributed by atoms with Crippen molar-refractivity contribution in [3.05, 3.63) is 56.2 Å². The first-order chi connectivity index (χ1) is 12.6. The lowest BCUT2D eigenvalue weighted by Gasteiger charge is -2.20. The third kappa shape index (κ3) is 3.02. The summed E-state index contributed by atoms with van der Waals surface area (Å²) in [6, 6.07) is 9.35. The second kappa shape index (κ2) is 6.82. The summed E-state index contributed by atoms with van der Waals surface area (Å²) in [7, 11) is 1.56. The van der Waals surface area contributed by atoms with Crippen LogP contribution in [0.1, 0.15) is 10.4 Å². The van der Waals surface area contributed by atoms with E-state index in [0.717, 1.165) is 14.4 Å². The van der Waals surface area contributed by atoms with Gasteiger partial charge in [-0.1, -0.05) is 22.0 Å². The molecule has 1 aromatic heterocycles. The Hall–Kier alpha value is -2.23. The van der Waals surface area contributed by atoms with Gasteiger partial charge in [0.2, 0.25) is 5.17 Å². The van der Waals surface area contributed by atoms with E-state index in [2.05, 4.69) is 26.0 Å². The Kier molecular flexibility index (Phi) is 4.51. The van der Waals surface area contributed by atoms with Gasteiger partial charge >= 0.3 is 0 Å². The number of aliphatic imine (C=N–C) groups is 1. The van der Waals surface area contributed by atoms with Crippen LogP contribution in [0.15, 0.2) is 55.9 Å². The number of nitrogens with one attached hydrogen (secondary N) is 1. The zero-order valence-electron chi connectivity index (χ0n) is 13.4. The van der Waals surface area contributed by atoms with Crippen LogP contribution in [-0.2, 0) is 4.79 Å². The minimum atomic E-state index is -0.460. The van der Waals surface area contributed by atoms with Crippen molar-refractivity contribution in [2.75, 3.05) is 7.11 Å². The number of thiophene rings is 1. The highest BCUT2D eigenvalue weighted by atomic mass is 79.9. The fraction of sp³-hybridized carbons (Fsp3) is 0.0588. The number of carbonyl (C=O) groups is 1. The average molecular weight is 447 g/mol. The van der Waals surface area contributed by atoms with Crippen LogP contribution in [0.2, 0.25) is 0 Å². The van der Waals surface area contributed by atoms with Crippen molar-refractivity contribution in [3.8, 4) is 5.75 Å². The number of thioether (sulfide) groups is 1. The number of fused-ring (bicyclic) bond motifs is 1. The number of methoxy groups -OCH3 is 1. The molecule has 2 aromatic rings. The normalized spacial score (nSPS) is 18.1. The molecule has 1 amide bonds. The summed E-state index contributed by atoms with van der Waals surface area (Å²) in [4.78, 5) is 17.6. The predicted octanol–water partition coefficient (Wildman–Crippen LogP) is 4.19. The van der Waals surface area contributed by atoms with E-state index in [1.807, 2.05) is 29.6 Å². The number of amides is 1. The lowest BCUT2D eigenvalue weighted by atomic mass is 10.1. The number of hydrogen-bond acceptors (Lipinski definition) is 6. The molecule has 0 unspecified atom stereocenters. The van der Waals surface area contributed by atoms with Gasteiger partial charge in [0.05, 0.1) is 17.6 Å². The minimum Gasteiger partial charge on any atom is -0.496 e. The second-order valence-corrected chi connectivity index (χ2v) is 8.11. The number of rotatable bonds is 3. The molecule has 3 heterocycles. The predicted molar refractivity (Wildman–Crippen MR) is 109 cm³/mol. The number of amidine groups is 2. The van der Waals surface area contributed by atoms with E-state index in [1.165, 1.54) is 16.8 Å². The molecular formula is C17H11BrN4O2S2. The standard InChI is InChI=1S/C17H11BrN4O2S2/c1-24-12-5-4-10(18)7-9(12)8-11-14(19)22-17(20-15(11)23)26-16(21-22)13-3-2-6-25-13/h2-8,19H,1H3/b11-8-,19-14?. The quantitative estimate of drug-likeness (QED) is 0.716. The van der Waals surface area contributed by atoms with E-state index < -0.39 is 5.91 Å². The van der Waals surface area contributed by atoms with Gasteiger partial charge in [0.25, 0.3) is 5.91 Å². The molecule has 9 heteroatoms. The molecule has 0 saturated carbocycles. The van der Waals surface area contributed by atoms with Crippen LogP contribution in [0.4, 0.5) is 0 Å². The summed E-state index contributed by atoms with van der Waals surface area (Å²) in [5.41, 5.74) is 0.852. The Morgan fingerprint density at radius 2 is 2.19 bits per heavy atom. The highest BCUT2D eigenvalue weighted by molar-refractivity contribution is 9.10. The van der Waals surface area contributed by atoms with Gasteiger partial charge in [0, 0.05) is 10.0 Å². The van der Waals surface area contributed by atoms with Gasteiger partial charge in [-0.3, -0.25) is 10.2 Å². The van der Waals surface area contributed by atoms with Crippen molar-refractivity contribution in [1.82, 2.24) is 5.01 Å². The Bertz CT molecular complexity index is 1010. The lowest BCUT2D eigenvalue weighted by Crippen LogP contribution is -2.35. The molecule has 0 spiro atoms. The molecule has 2 aliphatic rings. The van der Waals surface area contributed by atoms with E-state index >= 15 is 0 Å². The van der Waals surface area contributed by atoms with E-state index in [0.29, 0.717) is 16.5 Å². The summed E-state index contributed by atoms with van der Waals surface area (Å²) < 4.78 is 6.18. The maximum absolute atomic E-state index is 12.5. The molecule has 0 saturated heterocycles. The van der Waals surface area contributed by atoms with Crippen LogP contribution < -0.4 is 4.74 Å². The molecule has 130 valence electrons. The topological polar surface area (TPSA) is 78.1 Å². The van der Waals surface area contributed by atoms with Gasteiger partial charge in [0.1, 0.15) is 10.8 Å². The zero-order valence-corrected chi connectivity index (χ0v) is 16.6. The first kappa shape index (κ1) is 17.2. The van der Waals surface area contributed by atoms with Crippen LogP contribution in [0, 0.1) is 5.41 Å². The van der Waals surface area contributed by atoms with Crippen LogP contribution in [0.5, 0.6) is 5.75 Å². The van der Waals surface area contributed by atoms with Crippen molar-refractivity contribution in [1.29, 1.82) is 5.41 Å². The summed E-state index contributed by atoms with van der Waals surface area (Å²) in [6.07, 6.45) is 1.61. The number of carbonyl (C=O) groups excluding carboxylic acids is 1. The van der Waals surface area contributed by atoms with Gasteiger partial charge in [-0.25, -0.2) is 0 Å². The largest absolute Gasteiger partial charge is 0.496 e. The van der Waals surface area contributed by atoms with Crippen LogP contribution in [-0.4, -0.2) is 34.1 Å². The number of benzene rings is 1. The monoisotopic (exact) mass is 446 g/mol. The van der Waals surface area contributed by atoms with Gasteiger partial charge in [-0.15, -0.1) is 11.3 Å². The highest BCUT2D eigenvalue weighted by Gasteiger charge is 2.36. The van der Waals surface area contributed by atoms with Gasteiger partial charge < -0.3 is 4.74 Å². The molecule has 1 aromatic carbocycles. The first-order valence-corrected chi connectivity index (χ1v) is 9.93. The van der Waals surface area contributed by atoms with E-state index in [-0.39, 0.29) is 11.4 Å². The molecular weight excluding hydrogens is 436 g/mol. The SMILES string of the molecule is COc1ccc(Br)cc1/C=C1/C(=N)N2N=C(c3cccs3)SC2=NC1=O. The third-order valence-electron chi connectivity index (χ3n) is 3.68. The van der Waals surface area contributed by atoms with Crippen molar-refractivity contribution in [2.24, 2.45) is 10.1 Å². The fourth-order valence-corrected chi connectivity index (χ4v) is 4.53. The number of nitrogens with zero attached hydrogens (tertiary/aromatic N) is 3. The number of halogens is 1. The minimum absolute atomic E-state index is 0.00100. The number of ether oxygens (including phenoxy) is 1. The summed E-state index contributed by atoms with van der Waals surface area (Å²) in [6.45, 7) is 0. The molecule has 26 heavy (non-hydrogen) atoms. The maximum Gasteiger partial charge on any atom is 0.283 e. The molecule has 2 aliphatic heterocycles. The van der Waals surface area contributed by atoms with Crippen LogP contribution in [0.25, 0.3) is 6.08 Å². The molecule has 0 atom stereocenters. The lowest BCUT2D eigenvalue weighted by molar-refractivity contribution is -0.114. The molecule has 1 N–H and O–H groups in total. The summed E-state index contributed by atoms with van der Waals surface area (Å²) in [5.74, 6) is 0.147. The van der Waals surface area contributed by atoms with Crippen molar-refractivity contribution in [3.63, 3.8) is 0 Å². The molecule has 6 nitrogen and oxygen atoms in total. The van der Waals surface area contributed by atoms with Gasteiger partial charge in [0.15, 0.2) is 5.84 Å². The smallest absolute Gasteiger partial charge is 0.283 e. The molecule has 0 aliphatic carbocycles. The van der Waals surface area contributed by atoms with E-state index in [1.54, 1.807) is 30.6 Å². The zero-order chi connectivity index (χ0) is 18.3. The van der Waals surface area contributed by atoms with Gasteiger partial charge in [-0.05, 0) is 47.5 Å². The number of hydrazone groups is 1. The van der Waals surface area contributed by atoms with Gasteiger partial charge in [-0.2, -0.15) is 15.1 Å². The average Bonchev–Trinajstić information content (AvgIpc) is 3.28. The fourth-order valence-electron chi connectivity index (χ4n) is 2.47.